The summed E-state index contributed by atoms with van der Waals surface area (Å²) in [5.41, 5.74) is 2.12. The second-order valence-corrected chi connectivity index (χ2v) is 13.9. The molecular formula is C39H42FN13O4. The first-order valence-electron chi connectivity index (χ1n) is 18.0. The summed E-state index contributed by atoms with van der Waals surface area (Å²) in [5, 5.41) is 46.7. The number of aliphatic hydroxyl groups is 1. The van der Waals surface area contributed by atoms with Gasteiger partial charge in [0.2, 0.25) is 0 Å². The van der Waals surface area contributed by atoms with Crippen LogP contribution in [0, 0.1) is 22.7 Å². The summed E-state index contributed by atoms with van der Waals surface area (Å²) in [6.45, 7) is 12.2. The van der Waals surface area contributed by atoms with Gasteiger partial charge in [-0.15, -0.1) is 0 Å². The zero-order valence-corrected chi connectivity index (χ0v) is 32.4. The fourth-order valence-electron chi connectivity index (χ4n) is 5.36. The highest BCUT2D eigenvalue weighted by Gasteiger charge is 2.27. The van der Waals surface area contributed by atoms with Crippen LogP contribution in [0.25, 0.3) is 33.7 Å². The Morgan fingerprint density at radius 2 is 1.26 bits per heavy atom. The average molecular weight is 776 g/mol. The van der Waals surface area contributed by atoms with E-state index in [-0.39, 0.29) is 30.8 Å². The summed E-state index contributed by atoms with van der Waals surface area (Å²) in [5.74, 6) is -0.0202. The zero-order chi connectivity index (χ0) is 41.4. The third-order valence-corrected chi connectivity index (χ3v) is 8.12. The largest absolute Gasteiger partial charge is 0.462 e. The number of esters is 1. The molecule has 6 aromatic heterocycles. The van der Waals surface area contributed by atoms with Gasteiger partial charge < -0.3 is 25.8 Å². The normalized spacial score (nSPS) is 11.7. The number of nitrogens with one attached hydrogen (secondary N) is 3. The van der Waals surface area contributed by atoms with E-state index in [1.807, 2.05) is 33.8 Å². The van der Waals surface area contributed by atoms with Gasteiger partial charge in [-0.2, -0.15) is 30.1 Å². The molecule has 6 heterocycles. The Labute approximate surface area is 327 Å². The van der Waals surface area contributed by atoms with E-state index in [9.17, 15) is 19.1 Å². The lowest BCUT2D eigenvalue weighted by atomic mass is 10.0. The van der Waals surface area contributed by atoms with Crippen molar-refractivity contribution in [1.29, 1.82) is 10.5 Å². The van der Waals surface area contributed by atoms with Gasteiger partial charge in [-0.05, 0) is 60.6 Å². The molecule has 4 N–H and O–H groups in total. The molecule has 17 nitrogen and oxygen atoms in total. The van der Waals surface area contributed by atoms with Crippen molar-refractivity contribution >= 4 is 45.3 Å². The number of anilines is 2. The number of amides is 1. The smallest absolute Gasteiger partial charge is 0.341 e. The lowest BCUT2D eigenvalue weighted by molar-refractivity contribution is -0.00178. The van der Waals surface area contributed by atoms with Gasteiger partial charge in [-0.1, -0.05) is 0 Å². The Bertz CT molecular complexity index is 2490. The van der Waals surface area contributed by atoms with E-state index in [0.29, 0.717) is 56.4 Å². The van der Waals surface area contributed by atoms with E-state index in [2.05, 4.69) is 52.2 Å². The molecule has 0 radical (unpaired) electrons. The molecule has 57 heavy (non-hydrogen) atoms. The van der Waals surface area contributed by atoms with Gasteiger partial charge in [0.1, 0.15) is 23.9 Å². The Hall–Kier alpha value is -7.05. The number of carbonyl (C=O) groups excluding carboxylic acids is 2. The van der Waals surface area contributed by atoms with E-state index >= 15 is 0 Å². The Morgan fingerprint density at radius 3 is 1.70 bits per heavy atom. The third kappa shape index (κ3) is 9.80. The van der Waals surface area contributed by atoms with Crippen molar-refractivity contribution in [3.05, 3.63) is 83.7 Å². The maximum atomic E-state index is 14.0. The Balaban J connectivity index is 0.000000221. The number of rotatable bonds is 12. The maximum absolute atomic E-state index is 14.0. The van der Waals surface area contributed by atoms with Gasteiger partial charge in [0, 0.05) is 59.8 Å². The van der Waals surface area contributed by atoms with Gasteiger partial charge >= 0.3 is 5.97 Å². The molecule has 18 heteroatoms. The minimum absolute atomic E-state index is 0.0118. The molecule has 0 fully saturated rings. The molecule has 6 rings (SSSR count). The molecule has 0 aliphatic rings. The van der Waals surface area contributed by atoms with E-state index < -0.39 is 23.6 Å². The number of halogens is 1. The molecule has 294 valence electrons. The van der Waals surface area contributed by atoms with Crippen molar-refractivity contribution in [2.45, 2.75) is 72.3 Å². The number of ether oxygens (including phenoxy) is 1. The van der Waals surface area contributed by atoms with Crippen LogP contribution in [0.5, 0.6) is 0 Å². The lowest BCUT2D eigenvalue weighted by Crippen LogP contribution is -2.42. The van der Waals surface area contributed by atoms with Crippen LogP contribution in [0.1, 0.15) is 80.3 Å². The number of nitrogens with zero attached hydrogens (tertiary/aromatic N) is 10. The molecule has 0 unspecified atom stereocenters. The molecule has 0 bridgehead atoms. The van der Waals surface area contributed by atoms with E-state index in [1.165, 1.54) is 43.3 Å². The fourth-order valence-corrected chi connectivity index (χ4v) is 5.36. The van der Waals surface area contributed by atoms with Crippen LogP contribution in [0.15, 0.2) is 61.4 Å². The highest BCUT2D eigenvalue weighted by Crippen LogP contribution is 2.24. The molecule has 0 saturated carbocycles. The average Bonchev–Trinajstić information content (AvgIpc) is 3.80. The molecule has 0 spiro atoms. The van der Waals surface area contributed by atoms with Crippen LogP contribution in [-0.4, -0.2) is 93.5 Å². The number of carbonyl (C=O) groups is 2. The van der Waals surface area contributed by atoms with Crippen molar-refractivity contribution in [3.63, 3.8) is 0 Å². The first-order valence-corrected chi connectivity index (χ1v) is 18.0. The lowest BCUT2D eigenvalue weighted by Gasteiger charge is -2.23. The number of alkyl halides is 1. The number of pyridine rings is 4. The van der Waals surface area contributed by atoms with Crippen molar-refractivity contribution < 1.29 is 23.8 Å². The summed E-state index contributed by atoms with van der Waals surface area (Å²) in [6.07, 6.45) is 7.37. The topological polar surface area (TPSA) is 234 Å². The van der Waals surface area contributed by atoms with Crippen LogP contribution in [-0.2, 0) is 4.74 Å². The summed E-state index contributed by atoms with van der Waals surface area (Å²) in [7, 11) is 0. The number of hydrogen-bond donors (Lipinski definition) is 4. The molecule has 0 aliphatic carbocycles. The molecule has 0 aliphatic heterocycles. The maximum Gasteiger partial charge on any atom is 0.341 e. The molecule has 1 atom stereocenters. The summed E-state index contributed by atoms with van der Waals surface area (Å²) in [4.78, 5) is 42.1. The molecule has 1 amide bonds. The summed E-state index contributed by atoms with van der Waals surface area (Å²) in [6, 6.07) is 11.0. The highest BCUT2D eigenvalue weighted by atomic mass is 19.1. The quantitative estimate of drug-likeness (QED) is 0.119. The number of nitriles is 2. The van der Waals surface area contributed by atoms with Gasteiger partial charge in [-0.3, -0.25) is 4.79 Å². The predicted molar refractivity (Wildman–Crippen MR) is 210 cm³/mol. The molecule has 6 aromatic rings. The number of aromatic nitrogens is 8. The SMILES string of the molecule is CC(C)Nc1cc(-n2ncc3cc(C#N)cnc32)ncc1C(=O)NC[C@@H](F)C(C)(C)O.CCOC(=O)c1cnc(-n2ncc3cc(C#N)cnc32)cc1NC(C)C. The number of fused-ring (bicyclic) bond motifs is 2. The van der Waals surface area contributed by atoms with Crippen molar-refractivity contribution in [1.82, 2.24) is 44.8 Å². The number of hydrogen-bond acceptors (Lipinski definition) is 14. The van der Waals surface area contributed by atoms with Gasteiger partial charge in [0.05, 0.1) is 59.2 Å². The van der Waals surface area contributed by atoms with Gasteiger partial charge in [0.25, 0.3) is 5.91 Å². The van der Waals surface area contributed by atoms with Crippen LogP contribution in [0.4, 0.5) is 15.8 Å². The standard InChI is InChI=1S/C21H24FN7O2.C18H18N6O2/c1-12(2)28-16-6-18(29-19-14(9-27-29)5-13(7-23)8-25-19)24-10-15(16)20(30)26-11-17(22)21(3,4)31;1-4-26-18(25)14-10-20-16(6-15(14)23-11(2)3)24-17-13(9-22-24)5-12(7-19)8-21-17/h5-6,8-10,12,17,31H,11H2,1-4H3,(H,24,28)(H,26,30);5-6,8-11H,4H2,1-3H3,(H,20,23)/t17-;/m1./s1. The van der Waals surface area contributed by atoms with Crippen LogP contribution in [0.2, 0.25) is 0 Å². The van der Waals surface area contributed by atoms with Crippen LogP contribution < -0.4 is 16.0 Å². The van der Waals surface area contributed by atoms with E-state index in [1.54, 1.807) is 48.3 Å². The van der Waals surface area contributed by atoms with Crippen molar-refractivity contribution in [3.8, 4) is 23.8 Å². The summed E-state index contributed by atoms with van der Waals surface area (Å²) < 4.78 is 22.2. The predicted octanol–water partition coefficient (Wildman–Crippen LogP) is 5.03. The molecular weight excluding hydrogens is 734 g/mol. The second-order valence-electron chi connectivity index (χ2n) is 13.9. The zero-order valence-electron chi connectivity index (χ0n) is 32.4. The van der Waals surface area contributed by atoms with Crippen LogP contribution >= 0.6 is 0 Å². The molecule has 0 aromatic carbocycles. The van der Waals surface area contributed by atoms with E-state index in [4.69, 9.17) is 15.3 Å². The Morgan fingerprint density at radius 1 is 0.789 bits per heavy atom. The van der Waals surface area contributed by atoms with Gasteiger partial charge in [-0.25, -0.2) is 29.1 Å². The highest BCUT2D eigenvalue weighted by molar-refractivity contribution is 5.99. The first kappa shape index (κ1) is 41.1. The molecule has 0 saturated heterocycles. The van der Waals surface area contributed by atoms with Crippen molar-refractivity contribution in [2.75, 3.05) is 23.8 Å². The third-order valence-electron chi connectivity index (χ3n) is 8.12. The van der Waals surface area contributed by atoms with Gasteiger partial charge in [0.15, 0.2) is 22.9 Å². The minimum Gasteiger partial charge on any atom is -0.462 e. The van der Waals surface area contributed by atoms with Crippen molar-refractivity contribution in [2.24, 2.45) is 0 Å². The Kier molecular flexibility index (Phi) is 12.7. The van der Waals surface area contributed by atoms with Crippen LogP contribution in [0.3, 0.4) is 0 Å². The first-order chi connectivity index (χ1) is 27.1. The second kappa shape index (κ2) is 17.6. The monoisotopic (exact) mass is 775 g/mol. The van der Waals surface area contributed by atoms with E-state index in [0.717, 1.165) is 5.39 Å². The minimum atomic E-state index is -1.62. The fraction of sp³-hybridized carbons (Fsp3) is 0.333. The summed E-state index contributed by atoms with van der Waals surface area (Å²) >= 11 is 0.